The number of benzene rings is 1. The van der Waals surface area contributed by atoms with E-state index in [0.717, 1.165) is 21.7 Å². The highest BCUT2D eigenvalue weighted by Gasteiger charge is 2.03. The van der Waals surface area contributed by atoms with Crippen LogP contribution in [-0.4, -0.2) is 11.5 Å². The number of hydrogen-bond donors (Lipinski definition) is 1. The van der Waals surface area contributed by atoms with E-state index in [0.29, 0.717) is 5.92 Å². The van der Waals surface area contributed by atoms with Crippen molar-refractivity contribution in [1.29, 1.82) is 0 Å². The Labute approximate surface area is 102 Å². The van der Waals surface area contributed by atoms with E-state index in [-0.39, 0.29) is 0 Å². The van der Waals surface area contributed by atoms with Gasteiger partial charge in [-0.2, -0.15) is 0 Å². The molecule has 0 saturated carbocycles. The van der Waals surface area contributed by atoms with Gasteiger partial charge in [-0.05, 0) is 24.1 Å². The van der Waals surface area contributed by atoms with Crippen molar-refractivity contribution >= 4 is 42.6 Å². The molecule has 0 bridgehead atoms. The monoisotopic (exact) mass is 284 g/mol. The van der Waals surface area contributed by atoms with Crippen LogP contribution in [0.5, 0.6) is 0 Å². The van der Waals surface area contributed by atoms with Crippen molar-refractivity contribution in [3.8, 4) is 0 Å². The molecule has 0 aliphatic heterocycles. The lowest BCUT2D eigenvalue weighted by atomic mass is 10.2. The third-order valence-electron chi connectivity index (χ3n) is 2.01. The molecule has 1 heterocycles. The number of fused-ring (bicyclic) bond motifs is 1. The molecule has 0 aliphatic rings. The van der Waals surface area contributed by atoms with Crippen molar-refractivity contribution in [2.45, 2.75) is 13.8 Å². The molecule has 0 atom stereocenters. The summed E-state index contributed by atoms with van der Waals surface area (Å²) in [6, 6.07) is 6.16. The van der Waals surface area contributed by atoms with Gasteiger partial charge in [0.05, 0.1) is 10.2 Å². The highest BCUT2D eigenvalue weighted by molar-refractivity contribution is 9.10. The summed E-state index contributed by atoms with van der Waals surface area (Å²) in [6.45, 7) is 5.36. The Balaban J connectivity index is 2.23. The maximum Gasteiger partial charge on any atom is 0.183 e. The first-order valence-corrected chi connectivity index (χ1v) is 6.56. The topological polar surface area (TPSA) is 24.9 Å². The molecule has 0 fully saturated rings. The second-order valence-corrected chi connectivity index (χ2v) is 5.85. The molecule has 1 aromatic carbocycles. The zero-order valence-corrected chi connectivity index (χ0v) is 11.2. The fourth-order valence-corrected chi connectivity index (χ4v) is 2.69. The predicted octanol–water partition coefficient (Wildman–Crippen LogP) is 4.13. The summed E-state index contributed by atoms with van der Waals surface area (Å²) in [4.78, 5) is 4.51. The van der Waals surface area contributed by atoms with Crippen molar-refractivity contribution in [3.63, 3.8) is 0 Å². The summed E-state index contributed by atoms with van der Waals surface area (Å²) in [5, 5.41) is 4.36. The van der Waals surface area contributed by atoms with E-state index in [1.807, 2.05) is 12.1 Å². The Bertz CT molecular complexity index is 465. The second kappa shape index (κ2) is 4.49. The van der Waals surface area contributed by atoms with Crippen LogP contribution in [0.25, 0.3) is 10.2 Å². The fraction of sp³-hybridized carbons (Fsp3) is 0.364. The van der Waals surface area contributed by atoms with Crippen LogP contribution in [0.4, 0.5) is 5.13 Å². The summed E-state index contributed by atoms with van der Waals surface area (Å²) in [6.07, 6.45) is 0. The second-order valence-electron chi connectivity index (χ2n) is 3.91. The maximum atomic E-state index is 4.51. The van der Waals surface area contributed by atoms with E-state index in [2.05, 4.69) is 46.1 Å². The minimum absolute atomic E-state index is 0.642. The summed E-state index contributed by atoms with van der Waals surface area (Å²) >= 11 is 5.16. The molecule has 2 aromatic rings. The summed E-state index contributed by atoms with van der Waals surface area (Å²) in [5.41, 5.74) is 1.06. The van der Waals surface area contributed by atoms with Gasteiger partial charge in [-0.1, -0.05) is 41.1 Å². The number of nitrogens with zero attached hydrogens (tertiary/aromatic N) is 1. The van der Waals surface area contributed by atoms with Crippen LogP contribution < -0.4 is 5.32 Å². The third kappa shape index (κ3) is 2.69. The molecule has 4 heteroatoms. The van der Waals surface area contributed by atoms with Gasteiger partial charge in [0.25, 0.3) is 0 Å². The van der Waals surface area contributed by atoms with E-state index >= 15 is 0 Å². The van der Waals surface area contributed by atoms with Crippen molar-refractivity contribution < 1.29 is 0 Å². The van der Waals surface area contributed by atoms with E-state index < -0.39 is 0 Å². The average molecular weight is 285 g/mol. The van der Waals surface area contributed by atoms with Crippen LogP contribution in [0.3, 0.4) is 0 Å². The normalized spacial score (nSPS) is 11.2. The van der Waals surface area contributed by atoms with Crippen molar-refractivity contribution in [1.82, 2.24) is 4.98 Å². The first kappa shape index (κ1) is 10.9. The average Bonchev–Trinajstić information content (AvgIpc) is 2.56. The number of thiazole rings is 1. The number of halogens is 1. The quantitative estimate of drug-likeness (QED) is 0.917. The molecular formula is C11H13BrN2S. The highest BCUT2D eigenvalue weighted by Crippen LogP contribution is 2.28. The van der Waals surface area contributed by atoms with Crippen LogP contribution in [0.2, 0.25) is 0 Å². The van der Waals surface area contributed by atoms with Gasteiger partial charge in [-0.15, -0.1) is 0 Å². The van der Waals surface area contributed by atoms with Gasteiger partial charge in [0.1, 0.15) is 0 Å². The largest absolute Gasteiger partial charge is 0.361 e. The molecule has 0 unspecified atom stereocenters. The van der Waals surface area contributed by atoms with Gasteiger partial charge in [-0.3, -0.25) is 0 Å². The SMILES string of the molecule is CC(C)CNc1nc2ccc(Br)cc2s1. The van der Waals surface area contributed by atoms with Crippen LogP contribution >= 0.6 is 27.3 Å². The number of rotatable bonds is 3. The molecule has 2 nitrogen and oxygen atoms in total. The first-order valence-electron chi connectivity index (χ1n) is 4.95. The van der Waals surface area contributed by atoms with Gasteiger partial charge in [0, 0.05) is 11.0 Å². The van der Waals surface area contributed by atoms with Gasteiger partial charge in [0.15, 0.2) is 5.13 Å². The van der Waals surface area contributed by atoms with Crippen LogP contribution in [-0.2, 0) is 0 Å². The number of hydrogen-bond acceptors (Lipinski definition) is 3. The van der Waals surface area contributed by atoms with Gasteiger partial charge < -0.3 is 5.32 Å². The van der Waals surface area contributed by atoms with E-state index in [1.165, 1.54) is 4.70 Å². The molecule has 0 aliphatic carbocycles. The maximum absolute atomic E-state index is 4.51. The van der Waals surface area contributed by atoms with Gasteiger partial charge in [0.2, 0.25) is 0 Å². The number of aromatic nitrogens is 1. The molecule has 0 saturated heterocycles. The summed E-state index contributed by atoms with van der Waals surface area (Å²) in [5.74, 6) is 0.642. The number of anilines is 1. The molecular weight excluding hydrogens is 272 g/mol. The van der Waals surface area contributed by atoms with E-state index in [4.69, 9.17) is 0 Å². The van der Waals surface area contributed by atoms with E-state index in [9.17, 15) is 0 Å². The summed E-state index contributed by atoms with van der Waals surface area (Å²) in [7, 11) is 0. The Morgan fingerprint density at radius 1 is 1.47 bits per heavy atom. The van der Waals surface area contributed by atoms with Crippen LogP contribution in [0, 0.1) is 5.92 Å². The van der Waals surface area contributed by atoms with Gasteiger partial charge in [-0.25, -0.2) is 4.98 Å². The molecule has 0 spiro atoms. The zero-order chi connectivity index (χ0) is 10.8. The molecule has 1 N–H and O–H groups in total. The lowest BCUT2D eigenvalue weighted by molar-refractivity contribution is 0.688. The fourth-order valence-electron chi connectivity index (χ4n) is 1.27. The standard InChI is InChI=1S/C11H13BrN2S/c1-7(2)6-13-11-14-9-4-3-8(12)5-10(9)15-11/h3-5,7H,6H2,1-2H3,(H,13,14). The number of nitrogens with one attached hydrogen (secondary N) is 1. The van der Waals surface area contributed by atoms with Crippen molar-refractivity contribution in [2.75, 3.05) is 11.9 Å². The molecule has 80 valence electrons. The lowest BCUT2D eigenvalue weighted by Crippen LogP contribution is -2.07. The Morgan fingerprint density at radius 2 is 2.27 bits per heavy atom. The van der Waals surface area contributed by atoms with Gasteiger partial charge >= 0.3 is 0 Å². The minimum Gasteiger partial charge on any atom is -0.361 e. The summed E-state index contributed by atoms with van der Waals surface area (Å²) < 4.78 is 2.32. The Kier molecular flexibility index (Phi) is 3.26. The zero-order valence-electron chi connectivity index (χ0n) is 8.75. The highest BCUT2D eigenvalue weighted by atomic mass is 79.9. The van der Waals surface area contributed by atoms with Crippen molar-refractivity contribution in [3.05, 3.63) is 22.7 Å². The lowest BCUT2D eigenvalue weighted by Gasteiger charge is -2.03. The smallest absolute Gasteiger partial charge is 0.183 e. The predicted molar refractivity (Wildman–Crippen MR) is 70.6 cm³/mol. The molecule has 15 heavy (non-hydrogen) atoms. The Morgan fingerprint density at radius 3 is 3.00 bits per heavy atom. The minimum atomic E-state index is 0.642. The van der Waals surface area contributed by atoms with E-state index in [1.54, 1.807) is 11.3 Å². The molecule has 1 aromatic heterocycles. The van der Waals surface area contributed by atoms with Crippen LogP contribution in [0.1, 0.15) is 13.8 Å². The third-order valence-corrected chi connectivity index (χ3v) is 3.48. The first-order chi connectivity index (χ1) is 7.15. The Hall–Kier alpha value is -0.610. The molecule has 2 rings (SSSR count). The van der Waals surface area contributed by atoms with Crippen LogP contribution in [0.15, 0.2) is 22.7 Å². The molecule has 0 radical (unpaired) electrons. The van der Waals surface area contributed by atoms with Crippen molar-refractivity contribution in [2.24, 2.45) is 5.92 Å². The molecule has 0 amide bonds.